The van der Waals surface area contributed by atoms with E-state index in [0.29, 0.717) is 36.1 Å². The molecule has 0 atom stereocenters. The highest BCUT2D eigenvalue weighted by atomic mass is 32.1. The van der Waals surface area contributed by atoms with Gasteiger partial charge in [0.15, 0.2) is 0 Å². The van der Waals surface area contributed by atoms with Crippen molar-refractivity contribution in [3.05, 3.63) is 21.8 Å². The number of fused-ring (bicyclic) bond motifs is 1. The van der Waals surface area contributed by atoms with Crippen LogP contribution in [0.4, 0.5) is 4.79 Å². The molecular formula is C15H20N4O3S. The van der Waals surface area contributed by atoms with Gasteiger partial charge < -0.3 is 9.64 Å². The summed E-state index contributed by atoms with van der Waals surface area (Å²) in [7, 11) is 0. The molecule has 0 spiro atoms. The third-order valence-electron chi connectivity index (χ3n) is 3.76. The van der Waals surface area contributed by atoms with Crippen molar-refractivity contribution in [2.24, 2.45) is 0 Å². The van der Waals surface area contributed by atoms with Crippen molar-refractivity contribution in [3.8, 4) is 0 Å². The number of hydrogen-bond donors (Lipinski definition) is 0. The molecule has 1 aliphatic rings. The van der Waals surface area contributed by atoms with Crippen molar-refractivity contribution in [2.45, 2.75) is 45.3 Å². The summed E-state index contributed by atoms with van der Waals surface area (Å²) in [6, 6.07) is 1.77. The number of rotatable bonds is 1. The quantitative estimate of drug-likeness (QED) is 0.799. The van der Waals surface area contributed by atoms with Gasteiger partial charge in [0.05, 0.1) is 6.04 Å². The van der Waals surface area contributed by atoms with Crippen molar-refractivity contribution < 1.29 is 9.53 Å². The average molecular weight is 336 g/mol. The summed E-state index contributed by atoms with van der Waals surface area (Å²) >= 11 is 1.38. The first-order chi connectivity index (χ1) is 10.8. The highest BCUT2D eigenvalue weighted by Gasteiger charge is 2.28. The number of likely N-dealkylation sites (tertiary alicyclic amines) is 1. The molecule has 0 aliphatic carbocycles. The lowest BCUT2D eigenvalue weighted by atomic mass is 10.1. The lowest BCUT2D eigenvalue weighted by Crippen LogP contribution is -2.43. The van der Waals surface area contributed by atoms with Crippen LogP contribution in [0.15, 0.2) is 16.2 Å². The number of aromatic nitrogens is 3. The van der Waals surface area contributed by atoms with Gasteiger partial charge in [-0.1, -0.05) is 5.21 Å². The maximum Gasteiger partial charge on any atom is 0.410 e. The van der Waals surface area contributed by atoms with E-state index >= 15 is 0 Å². The van der Waals surface area contributed by atoms with Gasteiger partial charge in [-0.3, -0.25) is 4.79 Å². The van der Waals surface area contributed by atoms with E-state index in [-0.39, 0.29) is 17.7 Å². The van der Waals surface area contributed by atoms with Gasteiger partial charge in [-0.25, -0.2) is 9.48 Å². The number of ether oxygens (including phenoxy) is 1. The molecule has 2 aromatic heterocycles. The summed E-state index contributed by atoms with van der Waals surface area (Å²) in [6.45, 7) is 6.65. The van der Waals surface area contributed by atoms with Gasteiger partial charge in [0, 0.05) is 13.1 Å². The molecule has 0 saturated carbocycles. The minimum atomic E-state index is -0.499. The Morgan fingerprint density at radius 1 is 1.35 bits per heavy atom. The van der Waals surface area contributed by atoms with E-state index < -0.39 is 5.60 Å². The Morgan fingerprint density at radius 2 is 2.04 bits per heavy atom. The molecule has 8 heteroatoms. The van der Waals surface area contributed by atoms with Crippen LogP contribution in [-0.4, -0.2) is 44.7 Å². The predicted octanol–water partition coefficient (Wildman–Crippen LogP) is 2.43. The molecule has 2 aromatic rings. The van der Waals surface area contributed by atoms with Crippen LogP contribution in [-0.2, 0) is 4.74 Å². The molecule has 1 aliphatic heterocycles. The number of carbonyl (C=O) groups is 1. The Balaban J connectivity index is 1.70. The maximum absolute atomic E-state index is 12.5. The number of nitrogens with zero attached hydrogens (tertiary/aromatic N) is 4. The second-order valence-electron chi connectivity index (χ2n) is 6.67. The molecule has 7 nitrogen and oxygen atoms in total. The van der Waals surface area contributed by atoms with Crippen LogP contribution >= 0.6 is 11.3 Å². The van der Waals surface area contributed by atoms with Gasteiger partial charge in [-0.15, -0.1) is 16.4 Å². The Kier molecular flexibility index (Phi) is 4.09. The van der Waals surface area contributed by atoms with Gasteiger partial charge in [-0.05, 0) is 45.1 Å². The Bertz CT molecular complexity index is 769. The number of hydrogen-bond acceptors (Lipinski definition) is 6. The lowest BCUT2D eigenvalue weighted by Gasteiger charge is -2.33. The molecule has 0 N–H and O–H groups in total. The second-order valence-corrected chi connectivity index (χ2v) is 7.59. The Hall–Kier alpha value is -1.96. The molecular weight excluding hydrogens is 316 g/mol. The van der Waals surface area contributed by atoms with Crippen LogP contribution in [0, 0.1) is 0 Å². The fourth-order valence-electron chi connectivity index (χ4n) is 2.64. The fraction of sp³-hybridized carbons (Fsp3) is 0.600. The first-order valence-corrected chi connectivity index (χ1v) is 8.54. The summed E-state index contributed by atoms with van der Waals surface area (Å²) in [5, 5.41) is 10.00. The molecule has 0 radical (unpaired) electrons. The van der Waals surface area contributed by atoms with Crippen molar-refractivity contribution in [1.82, 2.24) is 19.9 Å². The summed E-state index contributed by atoms with van der Waals surface area (Å²) in [5.41, 5.74) is 0.0451. The van der Waals surface area contributed by atoms with E-state index in [0.717, 1.165) is 0 Å². The van der Waals surface area contributed by atoms with Crippen molar-refractivity contribution in [2.75, 3.05) is 13.1 Å². The van der Waals surface area contributed by atoms with E-state index in [1.807, 2.05) is 26.2 Å². The van der Waals surface area contributed by atoms with Gasteiger partial charge in [0.1, 0.15) is 15.8 Å². The third kappa shape index (κ3) is 3.36. The average Bonchev–Trinajstić information content (AvgIpc) is 2.95. The predicted molar refractivity (Wildman–Crippen MR) is 87.8 cm³/mol. The first kappa shape index (κ1) is 15.9. The van der Waals surface area contributed by atoms with Crippen molar-refractivity contribution >= 4 is 27.6 Å². The molecule has 0 unspecified atom stereocenters. The largest absolute Gasteiger partial charge is 0.444 e. The fourth-order valence-corrected chi connectivity index (χ4v) is 3.40. The minimum Gasteiger partial charge on any atom is -0.444 e. The standard InChI is InChI=1S/C15H20N4O3S/c1-15(2,3)22-14(21)18-7-4-10(5-8-18)19-13(20)12-11(16-17-19)6-9-23-12/h6,9-10H,4-5,7-8H2,1-3H3. The van der Waals surface area contributed by atoms with E-state index in [1.165, 1.54) is 16.0 Å². The number of carbonyl (C=O) groups excluding carboxylic acids is 1. The molecule has 23 heavy (non-hydrogen) atoms. The zero-order valence-electron chi connectivity index (χ0n) is 13.5. The summed E-state index contributed by atoms with van der Waals surface area (Å²) < 4.78 is 7.48. The monoisotopic (exact) mass is 336 g/mol. The van der Waals surface area contributed by atoms with Gasteiger partial charge in [-0.2, -0.15) is 0 Å². The molecule has 0 bridgehead atoms. The molecule has 0 aromatic carbocycles. The molecule has 1 amide bonds. The summed E-state index contributed by atoms with van der Waals surface area (Å²) in [4.78, 5) is 26.2. The lowest BCUT2D eigenvalue weighted by molar-refractivity contribution is 0.0182. The second kappa shape index (κ2) is 5.92. The zero-order chi connectivity index (χ0) is 16.6. The minimum absolute atomic E-state index is 0.0276. The number of piperidine rings is 1. The zero-order valence-corrected chi connectivity index (χ0v) is 14.3. The smallest absolute Gasteiger partial charge is 0.410 e. The van der Waals surface area contributed by atoms with E-state index in [1.54, 1.807) is 11.0 Å². The Morgan fingerprint density at radius 3 is 2.70 bits per heavy atom. The van der Waals surface area contributed by atoms with Gasteiger partial charge >= 0.3 is 6.09 Å². The molecule has 1 saturated heterocycles. The molecule has 1 fully saturated rings. The first-order valence-electron chi connectivity index (χ1n) is 7.66. The van der Waals surface area contributed by atoms with Gasteiger partial charge in [0.25, 0.3) is 5.56 Å². The number of thiophene rings is 1. The Labute approximate surface area is 137 Å². The summed E-state index contributed by atoms with van der Waals surface area (Å²) in [6.07, 6.45) is 1.04. The number of amides is 1. The molecule has 3 rings (SSSR count). The van der Waals surface area contributed by atoms with Crippen LogP contribution in [0.25, 0.3) is 10.2 Å². The normalized spacial score (nSPS) is 16.7. The molecule has 3 heterocycles. The maximum atomic E-state index is 12.5. The van der Waals surface area contributed by atoms with Crippen LogP contribution in [0.5, 0.6) is 0 Å². The van der Waals surface area contributed by atoms with Crippen molar-refractivity contribution in [1.29, 1.82) is 0 Å². The van der Waals surface area contributed by atoms with E-state index in [4.69, 9.17) is 4.74 Å². The SMILES string of the molecule is CC(C)(C)OC(=O)N1CCC(n2nnc3ccsc3c2=O)CC1. The van der Waals surface area contributed by atoms with E-state index in [9.17, 15) is 9.59 Å². The van der Waals surface area contributed by atoms with Crippen LogP contribution in [0.3, 0.4) is 0 Å². The van der Waals surface area contributed by atoms with E-state index in [2.05, 4.69) is 10.3 Å². The third-order valence-corrected chi connectivity index (χ3v) is 4.65. The highest BCUT2D eigenvalue weighted by Crippen LogP contribution is 2.23. The van der Waals surface area contributed by atoms with Gasteiger partial charge in [0.2, 0.25) is 0 Å². The van der Waals surface area contributed by atoms with Crippen LogP contribution < -0.4 is 5.56 Å². The topological polar surface area (TPSA) is 77.3 Å². The highest BCUT2D eigenvalue weighted by molar-refractivity contribution is 7.17. The van der Waals surface area contributed by atoms with Crippen molar-refractivity contribution in [3.63, 3.8) is 0 Å². The molecule has 124 valence electrons. The van der Waals surface area contributed by atoms with Crippen LogP contribution in [0.1, 0.15) is 39.7 Å². The van der Waals surface area contributed by atoms with Crippen LogP contribution in [0.2, 0.25) is 0 Å². The summed E-state index contributed by atoms with van der Waals surface area (Å²) in [5.74, 6) is 0.